The monoisotopic (exact) mass is 366 g/mol. The van der Waals surface area contributed by atoms with Crippen molar-refractivity contribution in [3.05, 3.63) is 59.2 Å². The van der Waals surface area contributed by atoms with Crippen LogP contribution in [-0.4, -0.2) is 38.3 Å². The van der Waals surface area contributed by atoms with Crippen LogP contribution in [-0.2, 0) is 22.4 Å². The molecule has 0 atom stereocenters. The van der Waals surface area contributed by atoms with E-state index in [2.05, 4.69) is 5.32 Å². The first-order chi connectivity index (χ1) is 13.1. The molecule has 6 nitrogen and oxygen atoms in total. The molecule has 0 radical (unpaired) electrons. The third-order valence-electron chi connectivity index (χ3n) is 4.66. The Morgan fingerprint density at radius 3 is 2.67 bits per heavy atom. The summed E-state index contributed by atoms with van der Waals surface area (Å²) in [5.41, 5.74) is 3.38. The number of hydrogen-bond donors (Lipinski definition) is 1. The summed E-state index contributed by atoms with van der Waals surface area (Å²) in [5.74, 6) is 0.603. The first kappa shape index (κ1) is 18.6. The number of amides is 2. The number of nitrogens with one attached hydrogen (secondary N) is 1. The molecule has 1 aliphatic rings. The molecule has 2 aromatic rings. The molecule has 3 rings (SSSR count). The van der Waals surface area contributed by atoms with Gasteiger partial charge in [0.25, 0.3) is 0 Å². The summed E-state index contributed by atoms with van der Waals surface area (Å²) in [6.07, 6.45) is 2.07. The van der Waals surface area contributed by atoms with Gasteiger partial charge in [-0.25, -0.2) is 0 Å². The number of fused-ring (bicyclic) bond motifs is 1. The molecular formula is C21H22N2O4. The number of hydrogen-bond acceptors (Lipinski definition) is 4. The molecule has 6 heteroatoms. The second kappa shape index (κ2) is 8.49. The molecule has 0 aromatic heterocycles. The Morgan fingerprint density at radius 1 is 1.19 bits per heavy atom. The fraction of sp³-hybridized carbons (Fsp3) is 0.286. The number of nitrogens with zero attached hydrogens (tertiary/aromatic N) is 1. The smallest absolute Gasteiger partial charge is 0.224 e. The van der Waals surface area contributed by atoms with E-state index in [-0.39, 0.29) is 24.5 Å². The zero-order valence-electron chi connectivity index (χ0n) is 15.2. The van der Waals surface area contributed by atoms with Crippen LogP contribution in [0.5, 0.6) is 5.75 Å². The molecule has 0 saturated heterocycles. The Kier molecular flexibility index (Phi) is 5.86. The molecule has 140 valence electrons. The van der Waals surface area contributed by atoms with Gasteiger partial charge in [0.05, 0.1) is 13.5 Å². The maximum Gasteiger partial charge on any atom is 0.224 e. The van der Waals surface area contributed by atoms with Gasteiger partial charge in [-0.05, 0) is 47.9 Å². The van der Waals surface area contributed by atoms with E-state index in [0.717, 1.165) is 35.4 Å². The molecule has 0 bridgehead atoms. The van der Waals surface area contributed by atoms with Gasteiger partial charge < -0.3 is 15.0 Å². The molecule has 27 heavy (non-hydrogen) atoms. The number of ether oxygens (including phenoxy) is 1. The van der Waals surface area contributed by atoms with E-state index in [4.69, 9.17) is 4.74 Å². The lowest BCUT2D eigenvalue weighted by atomic mass is 10.0. The van der Waals surface area contributed by atoms with Crippen LogP contribution in [0.1, 0.15) is 27.9 Å². The minimum atomic E-state index is -0.122. The van der Waals surface area contributed by atoms with Crippen molar-refractivity contribution in [3.63, 3.8) is 0 Å². The number of carbonyl (C=O) groups is 3. The van der Waals surface area contributed by atoms with Gasteiger partial charge in [-0.3, -0.25) is 14.4 Å². The summed E-state index contributed by atoms with van der Waals surface area (Å²) in [7, 11) is 1.60. The fourth-order valence-electron chi connectivity index (χ4n) is 3.16. The van der Waals surface area contributed by atoms with Crippen molar-refractivity contribution in [1.82, 2.24) is 5.32 Å². The lowest BCUT2D eigenvalue weighted by Gasteiger charge is -2.10. The summed E-state index contributed by atoms with van der Waals surface area (Å²) < 4.78 is 5.09. The van der Waals surface area contributed by atoms with Gasteiger partial charge in [-0.1, -0.05) is 12.1 Å². The molecule has 0 unspecified atom stereocenters. The highest BCUT2D eigenvalue weighted by Crippen LogP contribution is 2.27. The number of rotatable bonds is 8. The molecule has 0 spiro atoms. The van der Waals surface area contributed by atoms with Crippen molar-refractivity contribution in [3.8, 4) is 5.75 Å². The van der Waals surface area contributed by atoms with Gasteiger partial charge in [0.1, 0.15) is 5.75 Å². The zero-order chi connectivity index (χ0) is 19.2. The average Bonchev–Trinajstić information content (AvgIpc) is 3.10. The lowest BCUT2D eigenvalue weighted by molar-refractivity contribution is -0.120. The summed E-state index contributed by atoms with van der Waals surface area (Å²) in [5, 5.41) is 2.78. The fourth-order valence-corrected chi connectivity index (χ4v) is 3.16. The number of benzene rings is 2. The van der Waals surface area contributed by atoms with Crippen LogP contribution in [0.2, 0.25) is 0 Å². The first-order valence-electron chi connectivity index (χ1n) is 8.88. The Hall–Kier alpha value is -3.15. The normalized spacial score (nSPS) is 12.4. The van der Waals surface area contributed by atoms with Crippen LogP contribution in [0.15, 0.2) is 42.5 Å². The standard InChI is InChI=1S/C21H22N2O4/c1-27-18-5-2-15(3-6-18)12-21(26)22-10-8-20(25)17-4-7-19-16(13-17)9-11-23(19)14-24/h2-7,13-14H,8-12H2,1H3,(H,22,26). The maximum absolute atomic E-state index is 12.4. The van der Waals surface area contributed by atoms with Gasteiger partial charge in [-0.2, -0.15) is 0 Å². The van der Waals surface area contributed by atoms with Crippen LogP contribution in [0, 0.1) is 0 Å². The van der Waals surface area contributed by atoms with Gasteiger partial charge >= 0.3 is 0 Å². The van der Waals surface area contributed by atoms with Gasteiger partial charge in [-0.15, -0.1) is 0 Å². The molecule has 0 saturated carbocycles. The molecule has 1 aliphatic heterocycles. The van der Waals surface area contributed by atoms with Crippen molar-refractivity contribution in [2.75, 3.05) is 25.1 Å². The van der Waals surface area contributed by atoms with E-state index in [1.165, 1.54) is 0 Å². The van der Waals surface area contributed by atoms with E-state index in [1.54, 1.807) is 18.1 Å². The van der Waals surface area contributed by atoms with E-state index in [1.807, 2.05) is 36.4 Å². The predicted octanol–water partition coefficient (Wildman–Crippen LogP) is 2.15. The molecule has 0 fully saturated rings. The molecule has 0 aliphatic carbocycles. The molecule has 2 aromatic carbocycles. The van der Waals surface area contributed by atoms with E-state index in [9.17, 15) is 14.4 Å². The molecular weight excluding hydrogens is 344 g/mol. The summed E-state index contributed by atoms with van der Waals surface area (Å²) in [6, 6.07) is 12.7. The third kappa shape index (κ3) is 4.53. The SMILES string of the molecule is COc1ccc(CC(=O)NCCC(=O)c2ccc3c(c2)CCN3C=O)cc1. The number of anilines is 1. The Balaban J connectivity index is 1.48. The highest BCUT2D eigenvalue weighted by Gasteiger charge is 2.19. The molecule has 2 amide bonds. The third-order valence-corrected chi connectivity index (χ3v) is 4.66. The molecule has 1 N–H and O–H groups in total. The van der Waals surface area contributed by atoms with Gasteiger partial charge in [0.2, 0.25) is 12.3 Å². The Labute approximate surface area is 158 Å². The Bertz CT molecular complexity index is 846. The van der Waals surface area contributed by atoms with E-state index in [0.29, 0.717) is 18.7 Å². The van der Waals surface area contributed by atoms with Crippen LogP contribution in [0.3, 0.4) is 0 Å². The number of Topliss-reactive ketones (excluding diaryl/α,β-unsaturated/α-hetero) is 1. The minimum Gasteiger partial charge on any atom is -0.497 e. The lowest BCUT2D eigenvalue weighted by Crippen LogP contribution is -2.27. The topological polar surface area (TPSA) is 75.7 Å². The second-order valence-electron chi connectivity index (χ2n) is 6.44. The number of methoxy groups -OCH3 is 1. The van der Waals surface area contributed by atoms with Gasteiger partial charge in [0.15, 0.2) is 5.78 Å². The van der Waals surface area contributed by atoms with Crippen molar-refractivity contribution in [2.45, 2.75) is 19.3 Å². The number of carbonyl (C=O) groups excluding carboxylic acids is 3. The van der Waals surface area contributed by atoms with Gasteiger partial charge in [0, 0.05) is 30.8 Å². The summed E-state index contributed by atoms with van der Waals surface area (Å²) >= 11 is 0. The average molecular weight is 366 g/mol. The zero-order valence-corrected chi connectivity index (χ0v) is 15.2. The van der Waals surface area contributed by atoms with Crippen molar-refractivity contribution in [1.29, 1.82) is 0 Å². The number of ketones is 1. The quantitative estimate of drug-likeness (QED) is 0.574. The first-order valence-corrected chi connectivity index (χ1v) is 8.88. The Morgan fingerprint density at radius 2 is 1.96 bits per heavy atom. The summed E-state index contributed by atoms with van der Waals surface area (Å²) in [4.78, 5) is 37.0. The largest absolute Gasteiger partial charge is 0.497 e. The second-order valence-corrected chi connectivity index (χ2v) is 6.44. The predicted molar refractivity (Wildman–Crippen MR) is 102 cm³/mol. The summed E-state index contributed by atoms with van der Waals surface area (Å²) in [6.45, 7) is 0.948. The minimum absolute atomic E-state index is 0.0212. The van der Waals surface area contributed by atoms with Crippen molar-refractivity contribution in [2.24, 2.45) is 0 Å². The highest BCUT2D eigenvalue weighted by molar-refractivity contribution is 5.97. The van der Waals surface area contributed by atoms with Crippen LogP contribution < -0.4 is 15.0 Å². The highest BCUT2D eigenvalue weighted by atomic mass is 16.5. The van der Waals surface area contributed by atoms with Crippen molar-refractivity contribution < 1.29 is 19.1 Å². The maximum atomic E-state index is 12.4. The van der Waals surface area contributed by atoms with Crippen LogP contribution >= 0.6 is 0 Å². The van der Waals surface area contributed by atoms with E-state index < -0.39 is 0 Å². The molecule has 1 heterocycles. The van der Waals surface area contributed by atoms with E-state index >= 15 is 0 Å². The van der Waals surface area contributed by atoms with Crippen LogP contribution in [0.25, 0.3) is 0 Å². The van der Waals surface area contributed by atoms with Crippen LogP contribution in [0.4, 0.5) is 5.69 Å². The van der Waals surface area contributed by atoms with Crippen molar-refractivity contribution >= 4 is 23.8 Å².